The fourth-order valence-corrected chi connectivity index (χ4v) is 4.34. The first-order valence-corrected chi connectivity index (χ1v) is 11.0. The molecule has 0 N–H and O–H groups in total. The molecule has 3 aromatic rings. The summed E-state index contributed by atoms with van der Waals surface area (Å²) in [5.41, 5.74) is 1.81. The van der Waals surface area contributed by atoms with Gasteiger partial charge in [-0.05, 0) is 23.8 Å². The number of sulfonamides is 1. The van der Waals surface area contributed by atoms with Gasteiger partial charge in [-0.15, -0.1) is 5.10 Å². The second kappa shape index (κ2) is 8.60. The van der Waals surface area contributed by atoms with Crippen molar-refractivity contribution in [3.05, 3.63) is 83.5 Å². The highest BCUT2D eigenvalue weighted by molar-refractivity contribution is 7.92. The molecule has 0 radical (unpaired) electrons. The number of benzene rings is 2. The molecule has 2 heterocycles. The summed E-state index contributed by atoms with van der Waals surface area (Å²) in [6.07, 6.45) is 3.01. The van der Waals surface area contributed by atoms with E-state index in [1.54, 1.807) is 11.0 Å². The van der Waals surface area contributed by atoms with Crippen LogP contribution in [0.25, 0.3) is 11.8 Å². The molecule has 1 aromatic heterocycles. The van der Waals surface area contributed by atoms with Crippen LogP contribution >= 0.6 is 0 Å². The van der Waals surface area contributed by atoms with Gasteiger partial charge in [-0.1, -0.05) is 48.5 Å². The van der Waals surface area contributed by atoms with E-state index < -0.39 is 10.0 Å². The van der Waals surface area contributed by atoms with E-state index in [1.165, 1.54) is 20.7 Å². The number of aromatic nitrogens is 3. The van der Waals surface area contributed by atoms with Crippen molar-refractivity contribution < 1.29 is 13.2 Å². The van der Waals surface area contributed by atoms with Crippen LogP contribution in [0.5, 0.6) is 0 Å². The number of amides is 1. The predicted octanol–water partition coefficient (Wildman–Crippen LogP) is 2.03. The zero-order chi connectivity index (χ0) is 21.0. The minimum absolute atomic E-state index is 0.235. The number of carbonyl (C=O) groups excluding carboxylic acids is 1. The molecule has 0 atom stereocenters. The Labute approximate surface area is 175 Å². The molecule has 1 amide bonds. The van der Waals surface area contributed by atoms with Gasteiger partial charge in [0.1, 0.15) is 0 Å². The van der Waals surface area contributed by atoms with E-state index in [1.807, 2.05) is 60.7 Å². The van der Waals surface area contributed by atoms with Crippen LogP contribution in [0.15, 0.2) is 72.3 Å². The first-order chi connectivity index (χ1) is 14.5. The number of hydrogen-bond donors (Lipinski definition) is 0. The normalized spacial score (nSPS) is 15.5. The third kappa shape index (κ3) is 4.47. The standard InChI is InChI=1S/C21H21N5O3S/c27-21(20-17-22-26(23-20)19-9-5-2-6-10-19)24-12-14-25(15-13-24)30(28,29)16-11-18-7-3-1-4-8-18/h1-11,16-17H,12-15H2/b16-11+. The lowest BCUT2D eigenvalue weighted by atomic mass is 10.2. The van der Waals surface area contributed by atoms with Gasteiger partial charge in [-0.25, -0.2) is 8.42 Å². The van der Waals surface area contributed by atoms with Crippen LogP contribution in [0.3, 0.4) is 0 Å². The van der Waals surface area contributed by atoms with E-state index in [2.05, 4.69) is 10.2 Å². The number of para-hydroxylation sites is 1. The minimum atomic E-state index is -3.54. The van der Waals surface area contributed by atoms with Gasteiger partial charge in [0.2, 0.25) is 10.0 Å². The Morgan fingerprint density at radius 1 is 0.900 bits per heavy atom. The maximum Gasteiger partial charge on any atom is 0.276 e. The Morgan fingerprint density at radius 2 is 1.53 bits per heavy atom. The Balaban J connectivity index is 1.38. The maximum atomic E-state index is 12.7. The average molecular weight is 423 g/mol. The molecule has 0 spiro atoms. The molecule has 0 aliphatic carbocycles. The van der Waals surface area contributed by atoms with Crippen LogP contribution in [0.1, 0.15) is 16.1 Å². The first-order valence-electron chi connectivity index (χ1n) is 9.53. The van der Waals surface area contributed by atoms with Crippen molar-refractivity contribution in [2.75, 3.05) is 26.2 Å². The summed E-state index contributed by atoms with van der Waals surface area (Å²) in [5, 5.41) is 9.62. The van der Waals surface area contributed by atoms with Gasteiger partial charge in [0.05, 0.1) is 11.9 Å². The minimum Gasteiger partial charge on any atom is -0.335 e. The predicted molar refractivity (Wildman–Crippen MR) is 113 cm³/mol. The molecule has 2 aromatic carbocycles. The Morgan fingerprint density at radius 3 is 2.20 bits per heavy atom. The summed E-state index contributed by atoms with van der Waals surface area (Å²) in [6.45, 7) is 1.07. The summed E-state index contributed by atoms with van der Waals surface area (Å²) in [6, 6.07) is 18.6. The van der Waals surface area contributed by atoms with E-state index in [0.717, 1.165) is 11.3 Å². The second-order valence-electron chi connectivity index (χ2n) is 6.80. The second-order valence-corrected chi connectivity index (χ2v) is 8.62. The molecule has 0 bridgehead atoms. The zero-order valence-corrected chi connectivity index (χ0v) is 17.0. The number of rotatable bonds is 5. The van der Waals surface area contributed by atoms with Gasteiger partial charge in [0.25, 0.3) is 5.91 Å². The smallest absolute Gasteiger partial charge is 0.276 e. The van der Waals surface area contributed by atoms with Crippen molar-refractivity contribution in [1.82, 2.24) is 24.2 Å². The molecule has 1 aliphatic heterocycles. The molecule has 30 heavy (non-hydrogen) atoms. The number of carbonyl (C=O) groups is 1. The van der Waals surface area contributed by atoms with Crippen molar-refractivity contribution >= 4 is 22.0 Å². The largest absolute Gasteiger partial charge is 0.335 e. The lowest BCUT2D eigenvalue weighted by molar-refractivity contribution is 0.0692. The van der Waals surface area contributed by atoms with E-state index >= 15 is 0 Å². The summed E-state index contributed by atoms with van der Waals surface area (Å²) in [5.74, 6) is -0.256. The van der Waals surface area contributed by atoms with Crippen LogP contribution in [-0.2, 0) is 10.0 Å². The molecule has 1 saturated heterocycles. The van der Waals surface area contributed by atoms with Crippen LogP contribution in [0.4, 0.5) is 0 Å². The molecule has 0 saturated carbocycles. The highest BCUT2D eigenvalue weighted by Gasteiger charge is 2.29. The maximum absolute atomic E-state index is 12.7. The van der Waals surface area contributed by atoms with E-state index in [4.69, 9.17) is 0 Å². The van der Waals surface area contributed by atoms with Crippen molar-refractivity contribution in [3.63, 3.8) is 0 Å². The lowest BCUT2D eigenvalue weighted by Gasteiger charge is -2.32. The summed E-state index contributed by atoms with van der Waals surface area (Å²) < 4.78 is 26.5. The number of nitrogens with zero attached hydrogens (tertiary/aromatic N) is 5. The molecule has 0 unspecified atom stereocenters. The Bertz CT molecular complexity index is 1140. The van der Waals surface area contributed by atoms with E-state index in [0.29, 0.717) is 13.1 Å². The van der Waals surface area contributed by atoms with Crippen molar-refractivity contribution in [2.24, 2.45) is 0 Å². The van der Waals surface area contributed by atoms with Crippen LogP contribution < -0.4 is 0 Å². The summed E-state index contributed by atoms with van der Waals surface area (Å²) in [7, 11) is -3.54. The van der Waals surface area contributed by atoms with Gasteiger partial charge in [-0.2, -0.15) is 14.2 Å². The molecular formula is C21H21N5O3S. The molecule has 1 fully saturated rings. The Hall–Kier alpha value is -3.30. The summed E-state index contributed by atoms with van der Waals surface area (Å²) in [4.78, 5) is 15.7. The quantitative estimate of drug-likeness (QED) is 0.627. The third-order valence-corrected chi connectivity index (χ3v) is 6.38. The van der Waals surface area contributed by atoms with Gasteiger partial charge >= 0.3 is 0 Å². The molecule has 8 nitrogen and oxygen atoms in total. The van der Waals surface area contributed by atoms with Gasteiger partial charge < -0.3 is 4.90 Å². The fourth-order valence-electron chi connectivity index (χ4n) is 3.17. The third-order valence-electron chi connectivity index (χ3n) is 4.82. The number of hydrogen-bond acceptors (Lipinski definition) is 5. The van der Waals surface area contributed by atoms with E-state index in [9.17, 15) is 13.2 Å². The molecule has 1 aliphatic rings. The SMILES string of the molecule is O=C(c1cnn(-c2ccccc2)n1)N1CCN(S(=O)(=O)/C=C/c2ccccc2)CC1. The van der Waals surface area contributed by atoms with Crippen molar-refractivity contribution in [2.45, 2.75) is 0 Å². The molecular weight excluding hydrogens is 402 g/mol. The van der Waals surface area contributed by atoms with Crippen LogP contribution in [0, 0.1) is 0 Å². The van der Waals surface area contributed by atoms with Crippen LogP contribution in [0.2, 0.25) is 0 Å². The topological polar surface area (TPSA) is 88.4 Å². The lowest BCUT2D eigenvalue weighted by Crippen LogP contribution is -2.50. The summed E-state index contributed by atoms with van der Waals surface area (Å²) >= 11 is 0. The monoisotopic (exact) mass is 423 g/mol. The molecule has 154 valence electrons. The van der Waals surface area contributed by atoms with E-state index in [-0.39, 0.29) is 24.7 Å². The van der Waals surface area contributed by atoms with Crippen LogP contribution in [-0.4, -0.2) is 64.7 Å². The molecule has 9 heteroatoms. The fraction of sp³-hybridized carbons (Fsp3) is 0.190. The highest BCUT2D eigenvalue weighted by atomic mass is 32.2. The number of piperazine rings is 1. The zero-order valence-electron chi connectivity index (χ0n) is 16.2. The molecule has 4 rings (SSSR count). The van der Waals surface area contributed by atoms with Gasteiger partial charge in [0, 0.05) is 31.6 Å². The van der Waals surface area contributed by atoms with Gasteiger partial charge in [0.15, 0.2) is 5.69 Å². The van der Waals surface area contributed by atoms with Crippen molar-refractivity contribution in [3.8, 4) is 5.69 Å². The highest BCUT2D eigenvalue weighted by Crippen LogP contribution is 2.13. The first kappa shape index (κ1) is 20.0. The van der Waals surface area contributed by atoms with Gasteiger partial charge in [-0.3, -0.25) is 4.79 Å². The average Bonchev–Trinajstić information content (AvgIpc) is 3.29. The Kier molecular flexibility index (Phi) is 5.73. The van der Waals surface area contributed by atoms with Crippen molar-refractivity contribution in [1.29, 1.82) is 0 Å².